The predicted molar refractivity (Wildman–Crippen MR) is 135 cm³/mol. The second-order valence-corrected chi connectivity index (χ2v) is 10.3. The van der Waals surface area contributed by atoms with Gasteiger partial charge in [0.1, 0.15) is 12.4 Å². The van der Waals surface area contributed by atoms with E-state index in [9.17, 15) is 4.79 Å². The van der Waals surface area contributed by atoms with Crippen LogP contribution in [0.4, 0.5) is 0 Å². The molecule has 2 aromatic rings. The minimum Gasteiger partial charge on any atom is -0.488 e. The van der Waals surface area contributed by atoms with Crippen molar-refractivity contribution in [2.45, 2.75) is 46.4 Å². The molecule has 164 valence electrons. The Bertz CT molecular complexity index is 1050. The van der Waals surface area contributed by atoms with E-state index in [1.807, 2.05) is 58.0 Å². The number of ether oxygens (including phenoxy) is 1. The van der Waals surface area contributed by atoms with E-state index in [0.717, 1.165) is 20.8 Å². The molecule has 31 heavy (non-hydrogen) atoms. The lowest BCUT2D eigenvalue weighted by molar-refractivity contribution is -0.123. The first-order valence-corrected chi connectivity index (χ1v) is 12.2. The number of rotatable bonds is 6. The van der Waals surface area contributed by atoms with Crippen molar-refractivity contribution in [3.63, 3.8) is 0 Å². The van der Waals surface area contributed by atoms with E-state index >= 15 is 0 Å². The van der Waals surface area contributed by atoms with E-state index in [-0.39, 0.29) is 18.0 Å². The number of hydrogen-bond acceptors (Lipinski definition) is 4. The van der Waals surface area contributed by atoms with E-state index in [4.69, 9.17) is 27.9 Å². The third kappa shape index (κ3) is 6.07. The molecule has 0 unspecified atom stereocenters. The van der Waals surface area contributed by atoms with Crippen LogP contribution < -0.4 is 4.74 Å². The van der Waals surface area contributed by atoms with Crippen molar-refractivity contribution in [3.8, 4) is 5.75 Å². The maximum atomic E-state index is 12.9. The normalized spacial score (nSPS) is 16.9. The van der Waals surface area contributed by atoms with Crippen molar-refractivity contribution < 1.29 is 9.53 Å². The van der Waals surface area contributed by atoms with Crippen LogP contribution in [0.15, 0.2) is 50.8 Å². The van der Waals surface area contributed by atoms with Crippen LogP contribution in [0.5, 0.6) is 5.75 Å². The van der Waals surface area contributed by atoms with Crippen LogP contribution in [0.1, 0.15) is 38.8 Å². The van der Waals surface area contributed by atoms with Gasteiger partial charge in [-0.05, 0) is 96.9 Å². The molecule has 1 aliphatic rings. The first-order chi connectivity index (χ1) is 14.7. The van der Waals surface area contributed by atoms with Crippen LogP contribution in [0, 0.1) is 0 Å². The lowest BCUT2D eigenvalue weighted by Gasteiger charge is -2.20. The summed E-state index contributed by atoms with van der Waals surface area (Å²) in [6.45, 7) is 8.36. The van der Waals surface area contributed by atoms with Gasteiger partial charge in [0.2, 0.25) is 0 Å². The number of benzene rings is 2. The van der Waals surface area contributed by atoms with Gasteiger partial charge in [0.25, 0.3) is 5.91 Å². The van der Waals surface area contributed by atoms with Crippen LogP contribution in [-0.2, 0) is 11.4 Å². The fourth-order valence-corrected chi connectivity index (χ4v) is 4.98. The van der Waals surface area contributed by atoms with Crippen molar-refractivity contribution in [1.82, 2.24) is 4.90 Å². The first-order valence-electron chi connectivity index (χ1n) is 9.83. The van der Waals surface area contributed by atoms with Gasteiger partial charge < -0.3 is 4.74 Å². The summed E-state index contributed by atoms with van der Waals surface area (Å²) in [5, 5.41) is 1.76. The summed E-state index contributed by atoms with van der Waals surface area (Å²) in [4.78, 5) is 19.9. The Morgan fingerprint density at radius 1 is 1.13 bits per heavy atom. The number of thioether (sulfide) groups is 1. The van der Waals surface area contributed by atoms with Gasteiger partial charge in [0.05, 0.1) is 19.4 Å². The van der Waals surface area contributed by atoms with Crippen molar-refractivity contribution >= 4 is 68.0 Å². The number of hydrogen-bond donors (Lipinski definition) is 0. The van der Waals surface area contributed by atoms with Crippen LogP contribution >= 0.6 is 50.9 Å². The van der Waals surface area contributed by atoms with Crippen LogP contribution in [-0.4, -0.2) is 28.1 Å². The molecule has 4 nitrogen and oxygen atoms in total. The highest BCUT2D eigenvalue weighted by Gasteiger charge is 2.35. The standard InChI is InChI=1S/C23H23BrCl2N2O2S/c1-13(2)27-23-28(14(3)4)22(29)21(31-23)11-15-6-8-20(17(24)9-15)30-12-16-5-7-18(25)19(26)10-16/h5-11,13-14H,12H2,1-4H3/b21-11+,27-23?. The largest absolute Gasteiger partial charge is 0.488 e. The summed E-state index contributed by atoms with van der Waals surface area (Å²) in [5.41, 5.74) is 1.82. The van der Waals surface area contributed by atoms with E-state index in [0.29, 0.717) is 27.3 Å². The first kappa shape index (κ1) is 24.2. The molecule has 0 N–H and O–H groups in total. The molecular formula is C23H23BrCl2N2O2S. The molecule has 0 spiro atoms. The second kappa shape index (κ2) is 10.4. The van der Waals surface area contributed by atoms with E-state index in [1.165, 1.54) is 11.8 Å². The number of halogens is 3. The predicted octanol–water partition coefficient (Wildman–Crippen LogP) is 7.42. The molecule has 1 saturated heterocycles. The van der Waals surface area contributed by atoms with Gasteiger partial charge in [0, 0.05) is 12.1 Å². The van der Waals surface area contributed by atoms with Crippen molar-refractivity contribution in [3.05, 3.63) is 66.9 Å². The molecule has 2 aromatic carbocycles. The highest BCUT2D eigenvalue weighted by atomic mass is 79.9. The summed E-state index contributed by atoms with van der Waals surface area (Å²) >= 11 is 17.0. The Morgan fingerprint density at radius 3 is 2.48 bits per heavy atom. The lowest BCUT2D eigenvalue weighted by Crippen LogP contribution is -2.35. The van der Waals surface area contributed by atoms with Gasteiger partial charge >= 0.3 is 0 Å². The Kier molecular flexibility index (Phi) is 8.14. The zero-order valence-electron chi connectivity index (χ0n) is 17.7. The van der Waals surface area contributed by atoms with E-state index < -0.39 is 0 Å². The maximum absolute atomic E-state index is 12.9. The molecule has 0 saturated carbocycles. The monoisotopic (exact) mass is 540 g/mol. The topological polar surface area (TPSA) is 41.9 Å². The molecule has 1 fully saturated rings. The van der Waals surface area contributed by atoms with Gasteiger partial charge in [-0.25, -0.2) is 0 Å². The lowest BCUT2D eigenvalue weighted by atomic mass is 10.2. The van der Waals surface area contributed by atoms with Gasteiger partial charge in [0.15, 0.2) is 5.17 Å². The molecule has 0 bridgehead atoms. The number of nitrogens with zero attached hydrogens (tertiary/aromatic N) is 2. The summed E-state index contributed by atoms with van der Waals surface area (Å²) in [7, 11) is 0. The molecule has 1 amide bonds. The maximum Gasteiger partial charge on any atom is 0.266 e. The molecular weight excluding hydrogens is 519 g/mol. The zero-order valence-corrected chi connectivity index (χ0v) is 21.6. The Morgan fingerprint density at radius 2 is 1.87 bits per heavy atom. The smallest absolute Gasteiger partial charge is 0.266 e. The van der Waals surface area contributed by atoms with Crippen molar-refractivity contribution in [2.75, 3.05) is 0 Å². The molecule has 8 heteroatoms. The van der Waals surface area contributed by atoms with E-state index in [2.05, 4.69) is 20.9 Å². The third-order valence-corrected chi connectivity index (χ3v) is 6.71. The SMILES string of the molecule is CC(C)N=C1S/C(=C/c2ccc(OCc3ccc(Cl)c(Cl)c3)c(Br)c2)C(=O)N1C(C)C. The summed E-state index contributed by atoms with van der Waals surface area (Å²) in [6.07, 6.45) is 1.89. The zero-order chi connectivity index (χ0) is 22.7. The minimum atomic E-state index is -0.0181. The van der Waals surface area contributed by atoms with Crippen molar-refractivity contribution in [2.24, 2.45) is 4.99 Å². The highest BCUT2D eigenvalue weighted by molar-refractivity contribution is 9.10. The molecule has 1 aliphatic heterocycles. The third-order valence-electron chi connectivity index (χ3n) is 4.35. The fourth-order valence-electron chi connectivity index (χ4n) is 2.92. The fraction of sp³-hybridized carbons (Fsp3) is 0.304. The van der Waals surface area contributed by atoms with Crippen LogP contribution in [0.2, 0.25) is 10.0 Å². The number of amides is 1. The molecule has 0 radical (unpaired) electrons. The summed E-state index contributed by atoms with van der Waals surface area (Å²) in [5.74, 6) is 0.681. The molecule has 0 aromatic heterocycles. The van der Waals surface area contributed by atoms with Gasteiger partial charge in [-0.2, -0.15) is 0 Å². The second-order valence-electron chi connectivity index (χ2n) is 7.61. The Balaban J connectivity index is 1.77. The molecule has 1 heterocycles. The molecule has 0 aliphatic carbocycles. The number of amidine groups is 1. The average molecular weight is 542 g/mol. The number of aliphatic imine (C=N–C) groups is 1. The molecule has 3 rings (SSSR count). The van der Waals surface area contributed by atoms with Crippen molar-refractivity contribution in [1.29, 1.82) is 0 Å². The van der Waals surface area contributed by atoms with E-state index in [1.54, 1.807) is 17.0 Å². The highest BCUT2D eigenvalue weighted by Crippen LogP contribution is 2.35. The van der Waals surface area contributed by atoms with Gasteiger partial charge in [-0.1, -0.05) is 35.3 Å². The minimum absolute atomic E-state index is 0.0181. The quantitative estimate of drug-likeness (QED) is 0.357. The molecule has 0 atom stereocenters. The van der Waals surface area contributed by atoms with Crippen LogP contribution in [0.3, 0.4) is 0 Å². The van der Waals surface area contributed by atoms with Gasteiger partial charge in [-0.15, -0.1) is 0 Å². The Hall–Kier alpha value is -1.47. The number of carbonyl (C=O) groups excluding carboxylic acids is 1. The summed E-state index contributed by atoms with van der Waals surface area (Å²) < 4.78 is 6.70. The van der Waals surface area contributed by atoms with Crippen LogP contribution in [0.25, 0.3) is 6.08 Å². The Labute approximate surface area is 205 Å². The average Bonchev–Trinajstić information content (AvgIpc) is 2.98. The summed E-state index contributed by atoms with van der Waals surface area (Å²) in [6, 6.07) is 11.3. The van der Waals surface area contributed by atoms with Gasteiger partial charge in [-0.3, -0.25) is 14.7 Å². The number of carbonyl (C=O) groups is 1.